The van der Waals surface area contributed by atoms with Gasteiger partial charge < -0.3 is 15.8 Å². The molecule has 1 unspecified atom stereocenters. The number of hydrogen-bond donors (Lipinski definition) is 1. The van der Waals surface area contributed by atoms with E-state index in [0.717, 1.165) is 12.3 Å². The molecule has 0 fully saturated rings. The standard InChI is InChI=1S/C12H20N4O4S/c1-9(2)11(13)6-7-15(3)21(19,20)10-4-5-12(14-8-10)16(17)18/h4-5,8-9,11H,6-7,13H2,1-3H3. The fraction of sp³-hybridized carbons (Fsp3) is 0.583. The average Bonchev–Trinajstić information content (AvgIpc) is 2.44. The molecule has 0 spiro atoms. The Labute approximate surface area is 124 Å². The van der Waals surface area contributed by atoms with Crippen LogP contribution < -0.4 is 5.73 Å². The van der Waals surface area contributed by atoms with Crippen LogP contribution >= 0.6 is 0 Å². The molecule has 9 heteroatoms. The lowest BCUT2D eigenvalue weighted by molar-refractivity contribution is -0.389. The minimum absolute atomic E-state index is 0.0753. The van der Waals surface area contributed by atoms with E-state index in [4.69, 9.17) is 5.73 Å². The number of hydrogen-bond acceptors (Lipinski definition) is 6. The Morgan fingerprint density at radius 2 is 2.05 bits per heavy atom. The van der Waals surface area contributed by atoms with Gasteiger partial charge in [-0.15, -0.1) is 0 Å². The number of sulfonamides is 1. The molecule has 1 aromatic rings. The highest BCUT2D eigenvalue weighted by atomic mass is 32.2. The van der Waals surface area contributed by atoms with E-state index in [-0.39, 0.29) is 23.4 Å². The maximum absolute atomic E-state index is 12.3. The van der Waals surface area contributed by atoms with Gasteiger partial charge in [-0.05, 0) is 28.3 Å². The van der Waals surface area contributed by atoms with Crippen molar-refractivity contribution >= 4 is 15.8 Å². The largest absolute Gasteiger partial charge is 0.363 e. The lowest BCUT2D eigenvalue weighted by atomic mass is 10.0. The Hall–Kier alpha value is -1.58. The number of pyridine rings is 1. The van der Waals surface area contributed by atoms with Gasteiger partial charge in [-0.2, -0.15) is 0 Å². The van der Waals surface area contributed by atoms with Gasteiger partial charge in [0.2, 0.25) is 10.0 Å². The van der Waals surface area contributed by atoms with Gasteiger partial charge in [0.25, 0.3) is 0 Å². The SMILES string of the molecule is CC(C)C(N)CCN(C)S(=O)(=O)c1ccc([N+](=O)[O-])nc1. The van der Waals surface area contributed by atoms with Crippen molar-refractivity contribution in [2.75, 3.05) is 13.6 Å². The molecule has 1 atom stereocenters. The highest BCUT2D eigenvalue weighted by Gasteiger charge is 2.24. The summed E-state index contributed by atoms with van der Waals surface area (Å²) in [5.74, 6) is -0.124. The molecular weight excluding hydrogens is 296 g/mol. The Morgan fingerprint density at radius 3 is 2.48 bits per heavy atom. The smallest absolute Gasteiger partial charge is 0.358 e. The van der Waals surface area contributed by atoms with Crippen LogP contribution in [0.5, 0.6) is 0 Å². The normalized spacial score (nSPS) is 13.6. The second-order valence-corrected chi connectivity index (χ2v) is 7.18. The quantitative estimate of drug-likeness (QED) is 0.591. The minimum Gasteiger partial charge on any atom is -0.358 e. The summed E-state index contributed by atoms with van der Waals surface area (Å²) in [6, 6.07) is 2.16. The van der Waals surface area contributed by atoms with Crippen LogP contribution in [0, 0.1) is 16.0 Å². The van der Waals surface area contributed by atoms with Gasteiger partial charge in [-0.25, -0.2) is 12.7 Å². The van der Waals surface area contributed by atoms with Crippen molar-refractivity contribution in [1.82, 2.24) is 9.29 Å². The van der Waals surface area contributed by atoms with Crippen LogP contribution in [0.3, 0.4) is 0 Å². The molecule has 2 N–H and O–H groups in total. The molecule has 0 radical (unpaired) electrons. The Kier molecular flexibility index (Phi) is 5.76. The molecule has 118 valence electrons. The molecule has 1 heterocycles. The monoisotopic (exact) mass is 316 g/mol. The molecular formula is C12H20N4O4S. The van der Waals surface area contributed by atoms with E-state index in [1.165, 1.54) is 17.4 Å². The van der Waals surface area contributed by atoms with Gasteiger partial charge in [0.05, 0.1) is 0 Å². The molecule has 0 saturated heterocycles. The molecule has 21 heavy (non-hydrogen) atoms. The van der Waals surface area contributed by atoms with E-state index in [9.17, 15) is 18.5 Å². The van der Waals surface area contributed by atoms with Crippen molar-refractivity contribution in [3.8, 4) is 0 Å². The second-order valence-electron chi connectivity index (χ2n) is 5.13. The number of nitrogens with zero attached hydrogens (tertiary/aromatic N) is 3. The molecule has 0 aliphatic carbocycles. The van der Waals surface area contributed by atoms with Gasteiger partial charge in [0.1, 0.15) is 4.90 Å². The van der Waals surface area contributed by atoms with Gasteiger partial charge in [-0.3, -0.25) is 0 Å². The molecule has 0 amide bonds. The van der Waals surface area contributed by atoms with Crippen LogP contribution in [0.4, 0.5) is 5.82 Å². The number of rotatable bonds is 7. The van der Waals surface area contributed by atoms with Gasteiger partial charge in [-0.1, -0.05) is 13.8 Å². The zero-order valence-electron chi connectivity index (χ0n) is 12.3. The first-order valence-corrected chi connectivity index (χ1v) is 7.92. The average molecular weight is 316 g/mol. The van der Waals surface area contributed by atoms with Crippen molar-refractivity contribution in [3.05, 3.63) is 28.4 Å². The lowest BCUT2D eigenvalue weighted by Crippen LogP contribution is -2.34. The van der Waals surface area contributed by atoms with Crippen LogP contribution in [0.25, 0.3) is 0 Å². The topological polar surface area (TPSA) is 119 Å². The van der Waals surface area contributed by atoms with Crippen molar-refractivity contribution in [3.63, 3.8) is 0 Å². The molecule has 0 aliphatic rings. The van der Waals surface area contributed by atoms with Gasteiger partial charge in [0, 0.05) is 25.7 Å². The van der Waals surface area contributed by atoms with Crippen molar-refractivity contribution < 1.29 is 13.3 Å². The predicted octanol–water partition coefficient (Wildman–Crippen LogP) is 0.984. The maximum atomic E-state index is 12.3. The molecule has 0 aromatic carbocycles. The molecule has 0 bridgehead atoms. The summed E-state index contributed by atoms with van der Waals surface area (Å²) in [6.45, 7) is 4.22. The molecule has 1 rings (SSSR count). The lowest BCUT2D eigenvalue weighted by Gasteiger charge is -2.20. The van der Waals surface area contributed by atoms with Crippen LogP contribution in [0.15, 0.2) is 23.2 Å². The van der Waals surface area contributed by atoms with Crippen LogP contribution in [0.1, 0.15) is 20.3 Å². The fourth-order valence-corrected chi connectivity index (χ4v) is 2.73. The Morgan fingerprint density at radius 1 is 1.43 bits per heavy atom. The van der Waals surface area contributed by atoms with E-state index in [2.05, 4.69) is 4.98 Å². The highest BCUT2D eigenvalue weighted by Crippen LogP contribution is 2.17. The van der Waals surface area contributed by atoms with Crippen LogP contribution in [-0.4, -0.2) is 42.3 Å². The van der Waals surface area contributed by atoms with Crippen molar-refractivity contribution in [2.24, 2.45) is 11.7 Å². The Balaban J connectivity index is 2.82. The van der Waals surface area contributed by atoms with E-state index in [0.29, 0.717) is 6.42 Å². The summed E-state index contributed by atoms with van der Waals surface area (Å²) in [6.07, 6.45) is 1.53. The first kappa shape index (κ1) is 17.5. The third-order valence-corrected chi connectivity index (χ3v) is 5.09. The van der Waals surface area contributed by atoms with E-state index >= 15 is 0 Å². The van der Waals surface area contributed by atoms with E-state index < -0.39 is 20.8 Å². The summed E-state index contributed by atoms with van der Waals surface area (Å²) in [4.78, 5) is 13.3. The number of nitrogens with two attached hydrogens (primary N) is 1. The predicted molar refractivity (Wildman–Crippen MR) is 78.1 cm³/mol. The Bertz CT molecular complexity index is 586. The fourth-order valence-electron chi connectivity index (χ4n) is 1.60. The highest BCUT2D eigenvalue weighted by molar-refractivity contribution is 7.89. The summed E-state index contributed by atoms with van der Waals surface area (Å²) in [5.41, 5.74) is 5.89. The van der Waals surface area contributed by atoms with Gasteiger partial charge >= 0.3 is 5.82 Å². The molecule has 8 nitrogen and oxygen atoms in total. The number of nitro groups is 1. The van der Waals surface area contributed by atoms with Crippen LogP contribution in [-0.2, 0) is 10.0 Å². The van der Waals surface area contributed by atoms with E-state index in [1.54, 1.807) is 0 Å². The van der Waals surface area contributed by atoms with E-state index in [1.807, 2.05) is 13.8 Å². The summed E-state index contributed by atoms with van der Waals surface area (Å²) >= 11 is 0. The van der Waals surface area contributed by atoms with Crippen molar-refractivity contribution in [1.29, 1.82) is 0 Å². The number of aromatic nitrogens is 1. The first-order chi connectivity index (χ1) is 9.66. The summed E-state index contributed by atoms with van der Waals surface area (Å²) in [5, 5.41) is 10.5. The molecule has 1 aromatic heterocycles. The second kappa shape index (κ2) is 6.92. The molecule has 0 aliphatic heterocycles. The van der Waals surface area contributed by atoms with Crippen molar-refractivity contribution in [2.45, 2.75) is 31.2 Å². The summed E-state index contributed by atoms with van der Waals surface area (Å²) in [7, 11) is -2.26. The zero-order valence-corrected chi connectivity index (χ0v) is 13.1. The first-order valence-electron chi connectivity index (χ1n) is 6.48. The third-order valence-electron chi connectivity index (χ3n) is 3.25. The van der Waals surface area contributed by atoms with Crippen LogP contribution in [0.2, 0.25) is 0 Å². The van der Waals surface area contributed by atoms with Gasteiger partial charge in [0.15, 0.2) is 6.20 Å². The third kappa shape index (κ3) is 4.45. The molecule has 0 saturated carbocycles. The zero-order chi connectivity index (χ0) is 16.2. The minimum atomic E-state index is -3.71. The maximum Gasteiger partial charge on any atom is 0.363 e. The summed E-state index contributed by atoms with van der Waals surface area (Å²) < 4.78 is 25.7.